The molecule has 4 unspecified atom stereocenters. The Bertz CT molecular complexity index is 532. The first-order chi connectivity index (χ1) is 10.6. The van der Waals surface area contributed by atoms with Gasteiger partial charge in [-0.15, -0.1) is 0 Å². The summed E-state index contributed by atoms with van der Waals surface area (Å²) in [5, 5.41) is 30.7. The van der Waals surface area contributed by atoms with Crippen LogP contribution in [0.3, 0.4) is 0 Å². The summed E-state index contributed by atoms with van der Waals surface area (Å²) in [4.78, 5) is 36.0. The topological polar surface area (TPSA) is 140 Å². The molecule has 0 aliphatic carbocycles. The van der Waals surface area contributed by atoms with Crippen molar-refractivity contribution < 1.29 is 43.9 Å². The summed E-state index contributed by atoms with van der Waals surface area (Å²) in [6.07, 6.45) is -2.83. The van der Waals surface area contributed by atoms with Crippen molar-refractivity contribution >= 4 is 17.9 Å². The van der Waals surface area contributed by atoms with Crippen molar-refractivity contribution in [2.24, 2.45) is 0 Å². The van der Waals surface area contributed by atoms with Crippen LogP contribution in [-0.4, -0.2) is 56.5 Å². The van der Waals surface area contributed by atoms with Crippen LogP contribution >= 0.6 is 0 Å². The zero-order valence-electron chi connectivity index (χ0n) is 12.9. The lowest BCUT2D eigenvalue weighted by molar-refractivity contribution is -0.398. The number of aliphatic hydroxyl groups excluding tert-OH is 1. The number of carbonyl (C=O) groups is 3. The number of rotatable bonds is 4. The van der Waals surface area contributed by atoms with E-state index in [4.69, 9.17) is 14.2 Å². The van der Waals surface area contributed by atoms with Gasteiger partial charge < -0.3 is 29.5 Å². The monoisotopic (exact) mass is 332 g/mol. The molecule has 23 heavy (non-hydrogen) atoms. The molecule has 2 saturated heterocycles. The molecule has 0 aromatic heterocycles. The number of cyclic esters (lactones) is 1. The van der Waals surface area contributed by atoms with E-state index in [-0.39, 0.29) is 19.3 Å². The molecule has 0 spiro atoms. The summed E-state index contributed by atoms with van der Waals surface area (Å²) >= 11 is 0. The van der Waals surface area contributed by atoms with E-state index in [9.17, 15) is 29.7 Å². The molecule has 2 rings (SSSR count). The molecular formula is C14H20O9. The van der Waals surface area contributed by atoms with Crippen molar-refractivity contribution in [1.29, 1.82) is 0 Å². The van der Waals surface area contributed by atoms with Gasteiger partial charge in [0.25, 0.3) is 0 Å². The third-order valence-electron chi connectivity index (χ3n) is 4.23. The van der Waals surface area contributed by atoms with Crippen molar-refractivity contribution in [3.63, 3.8) is 0 Å². The molecule has 3 N–H and O–H groups in total. The van der Waals surface area contributed by atoms with Crippen LogP contribution in [0.2, 0.25) is 0 Å². The summed E-state index contributed by atoms with van der Waals surface area (Å²) in [6, 6.07) is 0. The van der Waals surface area contributed by atoms with Gasteiger partial charge in [0, 0.05) is 6.42 Å². The highest BCUT2D eigenvalue weighted by Crippen LogP contribution is 2.43. The number of hydrogen-bond acceptors (Lipinski definition) is 9. The Hall–Kier alpha value is -1.71. The molecule has 9 heteroatoms. The molecule has 2 aliphatic heterocycles. The van der Waals surface area contributed by atoms with E-state index in [2.05, 4.69) is 0 Å². The van der Waals surface area contributed by atoms with Crippen LogP contribution in [0, 0.1) is 0 Å². The third kappa shape index (κ3) is 2.91. The predicted octanol–water partition coefficient (Wildman–Crippen LogP) is -0.890. The van der Waals surface area contributed by atoms with Gasteiger partial charge in [0.1, 0.15) is 0 Å². The molecule has 0 amide bonds. The molecule has 130 valence electrons. The standard InChI is InChI=1S/C14H20O9/c1-3-8(15)5-13(4-2)14(20)22-10(17)7-12(19,11(18)23-14)6-9(16)21-13/h8,15,19-20H,3-7H2,1-2H3. The highest BCUT2D eigenvalue weighted by molar-refractivity contribution is 5.92. The van der Waals surface area contributed by atoms with Gasteiger partial charge >= 0.3 is 23.9 Å². The minimum atomic E-state index is -2.92. The molecular weight excluding hydrogens is 312 g/mol. The van der Waals surface area contributed by atoms with E-state index in [1.54, 1.807) is 6.92 Å². The van der Waals surface area contributed by atoms with Crippen molar-refractivity contribution in [3.05, 3.63) is 0 Å². The van der Waals surface area contributed by atoms with E-state index in [1.165, 1.54) is 6.92 Å². The summed E-state index contributed by atoms with van der Waals surface area (Å²) in [5.41, 5.74) is -4.43. The highest BCUT2D eigenvalue weighted by Gasteiger charge is 2.66. The average molecular weight is 332 g/mol. The van der Waals surface area contributed by atoms with Gasteiger partial charge in [-0.3, -0.25) is 9.59 Å². The fraction of sp³-hybridized carbons (Fsp3) is 0.786. The molecule has 4 atom stereocenters. The van der Waals surface area contributed by atoms with Gasteiger partial charge in [-0.25, -0.2) is 4.79 Å². The second kappa shape index (κ2) is 5.73. The zero-order chi connectivity index (χ0) is 17.5. The lowest BCUT2D eigenvalue weighted by atomic mass is 9.88. The number of fused-ring (bicyclic) bond motifs is 3. The van der Waals surface area contributed by atoms with Crippen LogP contribution in [0.4, 0.5) is 0 Å². The fourth-order valence-electron chi connectivity index (χ4n) is 2.76. The van der Waals surface area contributed by atoms with Crippen molar-refractivity contribution in [2.45, 2.75) is 69.2 Å². The minimum absolute atomic E-state index is 0.106. The van der Waals surface area contributed by atoms with Crippen LogP contribution in [0.5, 0.6) is 0 Å². The Morgan fingerprint density at radius 2 is 1.61 bits per heavy atom. The van der Waals surface area contributed by atoms with E-state index in [0.717, 1.165) is 0 Å². The molecule has 2 heterocycles. The van der Waals surface area contributed by atoms with Crippen molar-refractivity contribution in [1.82, 2.24) is 0 Å². The molecule has 2 fully saturated rings. The smallest absolute Gasteiger partial charge is 0.416 e. The second-order valence-corrected chi connectivity index (χ2v) is 5.92. The number of ether oxygens (including phenoxy) is 3. The number of esters is 3. The van der Waals surface area contributed by atoms with Crippen LogP contribution in [0.25, 0.3) is 0 Å². The van der Waals surface area contributed by atoms with E-state index in [0.29, 0.717) is 0 Å². The maximum Gasteiger partial charge on any atom is 0.416 e. The largest absolute Gasteiger partial charge is 0.447 e. The number of aliphatic hydroxyl groups is 3. The minimum Gasteiger partial charge on any atom is -0.447 e. The third-order valence-corrected chi connectivity index (χ3v) is 4.23. The normalized spacial score (nSPS) is 38.7. The van der Waals surface area contributed by atoms with Crippen LogP contribution in [0.15, 0.2) is 0 Å². The van der Waals surface area contributed by atoms with Crippen molar-refractivity contribution in [3.8, 4) is 0 Å². The maximum atomic E-state index is 12.1. The van der Waals surface area contributed by atoms with Gasteiger partial charge in [-0.05, 0) is 12.8 Å². The molecule has 0 aromatic carbocycles. The first kappa shape index (κ1) is 17.6. The van der Waals surface area contributed by atoms with E-state index >= 15 is 0 Å². The Balaban J connectivity index is 2.56. The summed E-state index contributed by atoms with van der Waals surface area (Å²) in [7, 11) is 0. The van der Waals surface area contributed by atoms with Crippen LogP contribution in [-0.2, 0) is 28.6 Å². The van der Waals surface area contributed by atoms with Crippen molar-refractivity contribution in [2.75, 3.05) is 0 Å². The first-order valence-corrected chi connectivity index (χ1v) is 7.39. The lowest BCUT2D eigenvalue weighted by Crippen LogP contribution is -2.64. The summed E-state index contributed by atoms with van der Waals surface area (Å²) in [6.45, 7) is 3.17. The Kier molecular flexibility index (Phi) is 4.40. The van der Waals surface area contributed by atoms with Gasteiger partial charge in [0.05, 0.1) is 18.9 Å². The summed E-state index contributed by atoms with van der Waals surface area (Å²) in [5.74, 6) is -6.41. The molecule has 0 aromatic rings. The predicted molar refractivity (Wildman–Crippen MR) is 71.3 cm³/mol. The van der Waals surface area contributed by atoms with Gasteiger partial charge in [0.2, 0.25) is 5.60 Å². The second-order valence-electron chi connectivity index (χ2n) is 5.92. The van der Waals surface area contributed by atoms with E-state index in [1.807, 2.05) is 0 Å². The Labute approximate surface area is 132 Å². The molecule has 2 bridgehead atoms. The van der Waals surface area contributed by atoms with Gasteiger partial charge in [-0.1, -0.05) is 13.8 Å². The zero-order valence-corrected chi connectivity index (χ0v) is 12.9. The fourth-order valence-corrected chi connectivity index (χ4v) is 2.76. The molecule has 9 nitrogen and oxygen atoms in total. The Morgan fingerprint density at radius 1 is 1.04 bits per heavy atom. The Morgan fingerprint density at radius 3 is 2.13 bits per heavy atom. The highest BCUT2D eigenvalue weighted by atomic mass is 16.9. The average Bonchev–Trinajstić information content (AvgIpc) is 2.50. The van der Waals surface area contributed by atoms with Gasteiger partial charge in [0.15, 0.2) is 5.60 Å². The van der Waals surface area contributed by atoms with E-state index < -0.39 is 54.0 Å². The summed E-state index contributed by atoms with van der Waals surface area (Å²) < 4.78 is 14.8. The lowest BCUT2D eigenvalue weighted by Gasteiger charge is -2.44. The number of hydrogen-bond donors (Lipinski definition) is 3. The van der Waals surface area contributed by atoms with Gasteiger partial charge in [-0.2, -0.15) is 0 Å². The molecule has 2 aliphatic rings. The quantitative estimate of drug-likeness (QED) is 0.559. The molecule has 0 radical (unpaired) electrons. The maximum absolute atomic E-state index is 12.1. The first-order valence-electron chi connectivity index (χ1n) is 7.39. The number of carbonyl (C=O) groups excluding carboxylic acids is 3. The SMILES string of the molecule is CCC(O)CC1(CC)OC(=O)CC2(O)CC(=O)OC1(O)OC2=O. The van der Waals surface area contributed by atoms with Crippen LogP contribution < -0.4 is 0 Å². The molecule has 0 saturated carbocycles. The van der Waals surface area contributed by atoms with Crippen LogP contribution in [0.1, 0.15) is 46.0 Å².